The molecule has 0 unspecified atom stereocenters. The van der Waals surface area contributed by atoms with Crippen LogP contribution in [0.3, 0.4) is 0 Å². The summed E-state index contributed by atoms with van der Waals surface area (Å²) in [5.74, 6) is 0.00405. The fraction of sp³-hybridized carbons (Fsp3) is 0.524. The van der Waals surface area contributed by atoms with Crippen LogP contribution in [0.5, 0.6) is 0 Å². The number of piperidine rings is 1. The van der Waals surface area contributed by atoms with Gasteiger partial charge in [-0.05, 0) is 38.3 Å². The van der Waals surface area contributed by atoms with Crippen molar-refractivity contribution in [2.75, 3.05) is 26.8 Å². The van der Waals surface area contributed by atoms with Crippen LogP contribution in [-0.4, -0.2) is 52.9 Å². The standard InChI is InChI=1S/C21H30N4O2/c1-3-25-17-18(15-22-25)16-24-12-9-21(10-13-24,11-14-27-2)23-20(26)19-7-5-4-6-8-19/h4-8,15,17H,3,9-14,16H2,1-2H3,(H,23,26). The van der Waals surface area contributed by atoms with E-state index in [1.807, 2.05) is 41.2 Å². The number of likely N-dealkylation sites (tertiary alicyclic amines) is 1. The molecule has 6 nitrogen and oxygen atoms in total. The average Bonchev–Trinajstić information content (AvgIpc) is 3.16. The van der Waals surface area contributed by atoms with E-state index in [2.05, 4.69) is 28.4 Å². The maximum atomic E-state index is 12.7. The number of hydrogen-bond acceptors (Lipinski definition) is 4. The van der Waals surface area contributed by atoms with Gasteiger partial charge in [0, 0.05) is 62.8 Å². The number of amides is 1. The van der Waals surface area contributed by atoms with Gasteiger partial charge in [-0.25, -0.2) is 0 Å². The number of carbonyl (C=O) groups is 1. The molecule has 1 amide bonds. The normalized spacial score (nSPS) is 17.0. The number of methoxy groups -OCH3 is 1. The van der Waals surface area contributed by atoms with Gasteiger partial charge >= 0.3 is 0 Å². The van der Waals surface area contributed by atoms with Crippen LogP contribution in [0.15, 0.2) is 42.7 Å². The number of hydrogen-bond donors (Lipinski definition) is 1. The summed E-state index contributed by atoms with van der Waals surface area (Å²) in [6.45, 7) is 6.46. The van der Waals surface area contributed by atoms with Gasteiger partial charge in [0.15, 0.2) is 0 Å². The van der Waals surface area contributed by atoms with Crippen LogP contribution in [0.4, 0.5) is 0 Å². The lowest BCUT2D eigenvalue weighted by molar-refractivity contribution is 0.0691. The van der Waals surface area contributed by atoms with Crippen molar-refractivity contribution in [1.82, 2.24) is 20.0 Å². The van der Waals surface area contributed by atoms with Gasteiger partial charge in [-0.3, -0.25) is 14.4 Å². The zero-order valence-corrected chi connectivity index (χ0v) is 16.4. The maximum Gasteiger partial charge on any atom is 0.251 e. The number of carbonyl (C=O) groups excluding carboxylic acids is 1. The number of rotatable bonds is 8. The van der Waals surface area contributed by atoms with E-state index in [-0.39, 0.29) is 11.4 Å². The van der Waals surface area contributed by atoms with Gasteiger partial charge in [-0.1, -0.05) is 18.2 Å². The summed E-state index contributed by atoms with van der Waals surface area (Å²) >= 11 is 0. The quantitative estimate of drug-likeness (QED) is 0.776. The summed E-state index contributed by atoms with van der Waals surface area (Å²) in [6.07, 6.45) is 6.76. The molecule has 0 atom stereocenters. The predicted molar refractivity (Wildman–Crippen MR) is 106 cm³/mol. The smallest absolute Gasteiger partial charge is 0.251 e. The van der Waals surface area contributed by atoms with E-state index >= 15 is 0 Å². The van der Waals surface area contributed by atoms with Crippen LogP contribution >= 0.6 is 0 Å². The summed E-state index contributed by atoms with van der Waals surface area (Å²) < 4.78 is 7.28. The van der Waals surface area contributed by atoms with Crippen molar-refractivity contribution in [3.8, 4) is 0 Å². The van der Waals surface area contributed by atoms with Crippen molar-refractivity contribution in [2.24, 2.45) is 0 Å². The average molecular weight is 370 g/mol. The first-order chi connectivity index (χ1) is 13.1. The second kappa shape index (κ2) is 9.15. The largest absolute Gasteiger partial charge is 0.385 e. The van der Waals surface area contributed by atoms with Crippen LogP contribution in [-0.2, 0) is 17.8 Å². The van der Waals surface area contributed by atoms with E-state index in [4.69, 9.17) is 4.74 Å². The van der Waals surface area contributed by atoms with Gasteiger partial charge in [0.25, 0.3) is 5.91 Å². The summed E-state index contributed by atoms with van der Waals surface area (Å²) in [5.41, 5.74) is 1.76. The molecule has 0 saturated carbocycles. The second-order valence-electron chi connectivity index (χ2n) is 7.32. The Morgan fingerprint density at radius 2 is 2.00 bits per heavy atom. The Morgan fingerprint density at radius 1 is 1.26 bits per heavy atom. The Hall–Kier alpha value is -2.18. The first-order valence-electron chi connectivity index (χ1n) is 9.74. The summed E-state index contributed by atoms with van der Waals surface area (Å²) in [4.78, 5) is 15.2. The fourth-order valence-corrected chi connectivity index (χ4v) is 3.70. The Morgan fingerprint density at radius 3 is 2.63 bits per heavy atom. The molecule has 1 fully saturated rings. The molecule has 6 heteroatoms. The maximum absolute atomic E-state index is 12.7. The number of nitrogens with one attached hydrogen (secondary N) is 1. The third-order valence-corrected chi connectivity index (χ3v) is 5.43. The number of aryl methyl sites for hydroxylation is 1. The molecule has 0 aliphatic carbocycles. The van der Waals surface area contributed by atoms with Crippen LogP contribution in [0.2, 0.25) is 0 Å². The minimum atomic E-state index is -0.201. The van der Waals surface area contributed by atoms with E-state index in [1.165, 1.54) is 5.56 Å². The molecular formula is C21H30N4O2. The molecular weight excluding hydrogens is 340 g/mol. The van der Waals surface area contributed by atoms with Crippen LogP contribution in [0, 0.1) is 0 Å². The van der Waals surface area contributed by atoms with E-state index in [0.717, 1.165) is 45.4 Å². The molecule has 1 aliphatic rings. The molecule has 1 aromatic carbocycles. The summed E-state index contributed by atoms with van der Waals surface area (Å²) in [5, 5.41) is 7.68. The lowest BCUT2D eigenvalue weighted by atomic mass is 9.84. The molecule has 0 bridgehead atoms. The van der Waals surface area contributed by atoms with Crippen molar-refractivity contribution < 1.29 is 9.53 Å². The minimum Gasteiger partial charge on any atom is -0.385 e. The molecule has 1 N–H and O–H groups in total. The lowest BCUT2D eigenvalue weighted by Gasteiger charge is -2.42. The number of ether oxygens (including phenoxy) is 1. The number of benzene rings is 1. The van der Waals surface area contributed by atoms with Gasteiger partial charge in [0.1, 0.15) is 0 Å². The van der Waals surface area contributed by atoms with Crippen molar-refractivity contribution >= 4 is 5.91 Å². The lowest BCUT2D eigenvalue weighted by Crippen LogP contribution is -2.55. The topological polar surface area (TPSA) is 59.4 Å². The molecule has 2 heterocycles. The highest BCUT2D eigenvalue weighted by Crippen LogP contribution is 2.27. The van der Waals surface area contributed by atoms with Crippen molar-refractivity contribution in [3.05, 3.63) is 53.9 Å². The molecule has 1 aromatic heterocycles. The summed E-state index contributed by atoms with van der Waals surface area (Å²) in [7, 11) is 1.72. The highest BCUT2D eigenvalue weighted by atomic mass is 16.5. The van der Waals surface area contributed by atoms with Crippen molar-refractivity contribution in [1.29, 1.82) is 0 Å². The van der Waals surface area contributed by atoms with Gasteiger partial charge in [0.2, 0.25) is 0 Å². The Bertz CT molecular complexity index is 721. The van der Waals surface area contributed by atoms with Gasteiger partial charge in [-0.2, -0.15) is 5.10 Å². The van der Waals surface area contributed by atoms with Crippen LogP contribution in [0.25, 0.3) is 0 Å². The molecule has 0 radical (unpaired) electrons. The number of nitrogens with zero attached hydrogens (tertiary/aromatic N) is 3. The van der Waals surface area contributed by atoms with E-state index in [0.29, 0.717) is 12.2 Å². The van der Waals surface area contributed by atoms with Gasteiger partial charge in [0.05, 0.1) is 6.20 Å². The molecule has 2 aromatic rings. The molecule has 0 spiro atoms. The third kappa shape index (κ3) is 5.17. The second-order valence-corrected chi connectivity index (χ2v) is 7.32. The Labute approximate surface area is 161 Å². The molecule has 27 heavy (non-hydrogen) atoms. The highest BCUT2D eigenvalue weighted by molar-refractivity contribution is 5.94. The monoisotopic (exact) mass is 370 g/mol. The first-order valence-corrected chi connectivity index (χ1v) is 9.74. The van der Waals surface area contributed by atoms with Gasteiger partial charge < -0.3 is 10.1 Å². The zero-order chi connectivity index (χ0) is 19.1. The Kier molecular flexibility index (Phi) is 6.63. The van der Waals surface area contributed by atoms with E-state index in [9.17, 15) is 4.79 Å². The minimum absolute atomic E-state index is 0.00405. The first kappa shape index (κ1) is 19.6. The Balaban J connectivity index is 1.61. The SMILES string of the molecule is CCn1cc(CN2CCC(CCOC)(NC(=O)c3ccccc3)CC2)cn1. The molecule has 146 valence electrons. The van der Waals surface area contributed by atoms with Crippen molar-refractivity contribution in [3.63, 3.8) is 0 Å². The molecule has 1 aliphatic heterocycles. The zero-order valence-electron chi connectivity index (χ0n) is 16.4. The number of aromatic nitrogens is 2. The van der Waals surface area contributed by atoms with Crippen LogP contribution in [0.1, 0.15) is 42.1 Å². The van der Waals surface area contributed by atoms with E-state index < -0.39 is 0 Å². The van der Waals surface area contributed by atoms with Crippen molar-refractivity contribution in [2.45, 2.75) is 44.8 Å². The fourth-order valence-electron chi connectivity index (χ4n) is 3.70. The predicted octanol–water partition coefficient (Wildman–Crippen LogP) is 2.70. The van der Waals surface area contributed by atoms with Gasteiger partial charge in [-0.15, -0.1) is 0 Å². The van der Waals surface area contributed by atoms with Crippen LogP contribution < -0.4 is 5.32 Å². The van der Waals surface area contributed by atoms with E-state index in [1.54, 1.807) is 7.11 Å². The third-order valence-electron chi connectivity index (χ3n) is 5.43. The molecule has 1 saturated heterocycles. The highest BCUT2D eigenvalue weighted by Gasteiger charge is 2.35. The summed E-state index contributed by atoms with van der Waals surface area (Å²) in [6, 6.07) is 9.45. The molecule has 3 rings (SSSR count).